The van der Waals surface area contributed by atoms with Gasteiger partial charge in [0.05, 0.1) is 22.7 Å². The summed E-state index contributed by atoms with van der Waals surface area (Å²) in [6.45, 7) is 4.27. The largest absolute Gasteiger partial charge is 0.497 e. The number of thiazole rings is 1. The van der Waals surface area contributed by atoms with E-state index in [4.69, 9.17) is 9.72 Å². The van der Waals surface area contributed by atoms with E-state index in [1.54, 1.807) is 18.4 Å². The number of ketones is 1. The summed E-state index contributed by atoms with van der Waals surface area (Å²) in [4.78, 5) is 17.8. The van der Waals surface area contributed by atoms with E-state index in [0.29, 0.717) is 6.42 Å². The predicted molar refractivity (Wildman–Crippen MR) is 84.3 cm³/mol. The molecule has 3 rings (SSSR count). The molecule has 0 atom stereocenters. The molecule has 21 heavy (non-hydrogen) atoms. The molecule has 0 bridgehead atoms. The van der Waals surface area contributed by atoms with Crippen molar-refractivity contribution in [2.75, 3.05) is 7.11 Å². The summed E-state index contributed by atoms with van der Waals surface area (Å²) < 4.78 is 5.25. The van der Waals surface area contributed by atoms with Crippen LogP contribution in [0.3, 0.4) is 0 Å². The van der Waals surface area contributed by atoms with Crippen molar-refractivity contribution in [3.8, 4) is 5.75 Å². The Morgan fingerprint density at radius 3 is 2.90 bits per heavy atom. The van der Waals surface area contributed by atoms with Gasteiger partial charge in [-0.15, -0.1) is 11.3 Å². The summed E-state index contributed by atoms with van der Waals surface area (Å²) in [5, 5.41) is 1.01. The Balaban J connectivity index is 1.86. The van der Waals surface area contributed by atoms with Gasteiger partial charge in [0.25, 0.3) is 0 Å². The third-order valence-electron chi connectivity index (χ3n) is 3.77. The summed E-state index contributed by atoms with van der Waals surface area (Å²) in [6.07, 6.45) is 2.27. The van der Waals surface area contributed by atoms with Crippen LogP contribution in [-0.2, 0) is 12.8 Å². The number of aromatic nitrogens is 1. The standard InChI is InChI=1S/C17H19NO2S/c1-17(2)9-13-16(14(19)10-17)21-15(18-13)8-11-5-4-6-12(7-11)20-3/h4-7H,8-10H2,1-3H3. The third-order valence-corrected chi connectivity index (χ3v) is 4.91. The van der Waals surface area contributed by atoms with Gasteiger partial charge >= 0.3 is 0 Å². The molecule has 3 nitrogen and oxygen atoms in total. The topological polar surface area (TPSA) is 39.2 Å². The first-order valence-corrected chi connectivity index (χ1v) is 7.93. The summed E-state index contributed by atoms with van der Waals surface area (Å²) in [7, 11) is 1.67. The van der Waals surface area contributed by atoms with Crippen LogP contribution in [0.5, 0.6) is 5.75 Å². The average molecular weight is 301 g/mol. The molecule has 1 aromatic heterocycles. The van der Waals surface area contributed by atoms with Crippen LogP contribution >= 0.6 is 11.3 Å². The minimum atomic E-state index is 0.0331. The molecule has 110 valence electrons. The van der Waals surface area contributed by atoms with Gasteiger partial charge in [0.1, 0.15) is 5.75 Å². The Morgan fingerprint density at radius 2 is 2.14 bits per heavy atom. The molecule has 1 heterocycles. The van der Waals surface area contributed by atoms with Gasteiger partial charge in [0.2, 0.25) is 0 Å². The number of hydrogen-bond donors (Lipinski definition) is 0. The number of carbonyl (C=O) groups is 1. The maximum Gasteiger partial charge on any atom is 0.175 e. The summed E-state index contributed by atoms with van der Waals surface area (Å²) in [5.74, 6) is 1.10. The number of ether oxygens (including phenoxy) is 1. The molecule has 0 saturated heterocycles. The van der Waals surface area contributed by atoms with Gasteiger partial charge in [0.15, 0.2) is 5.78 Å². The van der Waals surface area contributed by atoms with Gasteiger partial charge in [-0.3, -0.25) is 4.79 Å². The first-order chi connectivity index (χ1) is 9.97. The van der Waals surface area contributed by atoms with E-state index in [2.05, 4.69) is 19.9 Å². The Bertz CT molecular complexity index is 688. The minimum absolute atomic E-state index is 0.0331. The Kier molecular flexibility index (Phi) is 3.57. The van der Waals surface area contributed by atoms with Gasteiger partial charge in [-0.05, 0) is 29.5 Å². The number of Topliss-reactive ketones (excluding diaryl/α,β-unsaturated/α-hetero) is 1. The van der Waals surface area contributed by atoms with E-state index in [-0.39, 0.29) is 11.2 Å². The van der Waals surface area contributed by atoms with E-state index >= 15 is 0 Å². The predicted octanol–water partition coefficient (Wildman–Crippen LogP) is 3.90. The number of nitrogens with zero attached hydrogens (tertiary/aromatic N) is 1. The van der Waals surface area contributed by atoms with Gasteiger partial charge < -0.3 is 4.74 Å². The normalized spacial score (nSPS) is 16.6. The van der Waals surface area contributed by atoms with Gasteiger partial charge in [0, 0.05) is 12.8 Å². The summed E-state index contributed by atoms with van der Waals surface area (Å²) in [6, 6.07) is 8.00. The second-order valence-corrected chi connectivity index (χ2v) is 7.44. The molecule has 4 heteroatoms. The highest BCUT2D eigenvalue weighted by Gasteiger charge is 2.33. The molecule has 0 spiro atoms. The zero-order valence-corrected chi connectivity index (χ0v) is 13.4. The smallest absolute Gasteiger partial charge is 0.175 e. The lowest BCUT2D eigenvalue weighted by Crippen LogP contribution is -2.26. The van der Waals surface area contributed by atoms with Crippen LogP contribution in [0.25, 0.3) is 0 Å². The molecule has 0 radical (unpaired) electrons. The van der Waals surface area contributed by atoms with Gasteiger partial charge in [-0.25, -0.2) is 4.98 Å². The first-order valence-electron chi connectivity index (χ1n) is 7.11. The number of benzene rings is 1. The van der Waals surface area contributed by atoms with Crippen molar-refractivity contribution in [1.82, 2.24) is 4.98 Å². The van der Waals surface area contributed by atoms with E-state index in [1.807, 2.05) is 18.2 Å². The molecule has 1 aliphatic carbocycles. The number of rotatable bonds is 3. The Hall–Kier alpha value is -1.68. The maximum absolute atomic E-state index is 12.2. The molecule has 0 N–H and O–H groups in total. The fraction of sp³-hybridized carbons (Fsp3) is 0.412. The van der Waals surface area contributed by atoms with Crippen LogP contribution in [0.15, 0.2) is 24.3 Å². The molecule has 1 aliphatic rings. The lowest BCUT2D eigenvalue weighted by atomic mass is 9.78. The zero-order valence-electron chi connectivity index (χ0n) is 12.6. The number of fused-ring (bicyclic) bond motifs is 1. The van der Waals surface area contributed by atoms with E-state index in [9.17, 15) is 4.79 Å². The van der Waals surface area contributed by atoms with Crippen molar-refractivity contribution in [2.24, 2.45) is 5.41 Å². The van der Waals surface area contributed by atoms with Gasteiger partial charge in [-0.2, -0.15) is 0 Å². The second-order valence-electron chi connectivity index (χ2n) is 6.35. The number of methoxy groups -OCH3 is 1. The van der Waals surface area contributed by atoms with E-state index in [0.717, 1.165) is 39.7 Å². The fourth-order valence-electron chi connectivity index (χ4n) is 2.80. The quantitative estimate of drug-likeness (QED) is 0.863. The molecule has 0 fully saturated rings. The van der Waals surface area contributed by atoms with Crippen molar-refractivity contribution in [2.45, 2.75) is 33.1 Å². The Morgan fingerprint density at radius 1 is 1.33 bits per heavy atom. The lowest BCUT2D eigenvalue weighted by molar-refractivity contribution is 0.0916. The second kappa shape index (κ2) is 5.26. The Labute approximate surface area is 129 Å². The van der Waals surface area contributed by atoms with E-state index < -0.39 is 0 Å². The highest BCUT2D eigenvalue weighted by molar-refractivity contribution is 7.13. The van der Waals surface area contributed by atoms with Crippen molar-refractivity contribution in [3.05, 3.63) is 45.4 Å². The maximum atomic E-state index is 12.2. The van der Waals surface area contributed by atoms with Crippen LogP contribution < -0.4 is 4.74 Å². The van der Waals surface area contributed by atoms with Crippen LogP contribution in [0.2, 0.25) is 0 Å². The van der Waals surface area contributed by atoms with E-state index in [1.165, 1.54) is 0 Å². The van der Waals surface area contributed by atoms with Crippen LogP contribution in [-0.4, -0.2) is 17.9 Å². The molecule has 2 aromatic rings. The molecule has 0 saturated carbocycles. The zero-order chi connectivity index (χ0) is 15.0. The third kappa shape index (κ3) is 3.00. The average Bonchev–Trinajstić information content (AvgIpc) is 2.80. The number of carbonyl (C=O) groups excluding carboxylic acids is 1. The SMILES string of the molecule is COc1cccc(Cc2nc3c(s2)C(=O)CC(C)(C)C3)c1. The van der Waals surface area contributed by atoms with Crippen molar-refractivity contribution in [3.63, 3.8) is 0 Å². The lowest BCUT2D eigenvalue weighted by Gasteiger charge is -2.26. The van der Waals surface area contributed by atoms with Crippen molar-refractivity contribution < 1.29 is 9.53 Å². The number of hydrogen-bond acceptors (Lipinski definition) is 4. The molecular weight excluding hydrogens is 282 g/mol. The molecule has 1 aromatic carbocycles. The van der Waals surface area contributed by atoms with Gasteiger partial charge in [-0.1, -0.05) is 26.0 Å². The first kappa shape index (κ1) is 14.3. The molecular formula is C17H19NO2S. The summed E-state index contributed by atoms with van der Waals surface area (Å²) in [5.41, 5.74) is 2.18. The van der Waals surface area contributed by atoms with Crippen LogP contribution in [0, 0.1) is 5.41 Å². The minimum Gasteiger partial charge on any atom is -0.497 e. The van der Waals surface area contributed by atoms with Crippen molar-refractivity contribution >= 4 is 17.1 Å². The van der Waals surface area contributed by atoms with Crippen LogP contribution in [0.1, 0.15) is 46.2 Å². The molecule has 0 amide bonds. The van der Waals surface area contributed by atoms with Crippen molar-refractivity contribution in [1.29, 1.82) is 0 Å². The fourth-order valence-corrected chi connectivity index (χ4v) is 3.85. The highest BCUT2D eigenvalue weighted by Crippen LogP contribution is 2.37. The highest BCUT2D eigenvalue weighted by atomic mass is 32.1. The molecule has 0 aliphatic heterocycles. The van der Waals surface area contributed by atoms with Crippen LogP contribution in [0.4, 0.5) is 0 Å². The molecule has 0 unspecified atom stereocenters. The monoisotopic (exact) mass is 301 g/mol. The summed E-state index contributed by atoms with van der Waals surface area (Å²) >= 11 is 1.55.